The lowest BCUT2D eigenvalue weighted by molar-refractivity contribution is -0.116. The normalized spacial score (nSPS) is 19.4. The van der Waals surface area contributed by atoms with Crippen LogP contribution in [0.4, 0.5) is 5.13 Å². The van der Waals surface area contributed by atoms with Gasteiger partial charge >= 0.3 is 0 Å². The molecule has 0 bridgehead atoms. The second-order valence-corrected chi connectivity index (χ2v) is 8.31. The molecule has 1 unspecified atom stereocenters. The molecule has 2 N–H and O–H groups in total. The van der Waals surface area contributed by atoms with E-state index in [1.807, 2.05) is 6.07 Å². The highest BCUT2D eigenvalue weighted by Crippen LogP contribution is 2.47. The molecule has 1 aliphatic heterocycles. The minimum atomic E-state index is -0.612. The van der Waals surface area contributed by atoms with Gasteiger partial charge in [-0.1, -0.05) is 23.1 Å². The molecule has 0 fully saturated rings. The van der Waals surface area contributed by atoms with Crippen molar-refractivity contribution in [2.24, 2.45) is 5.73 Å². The molecule has 0 spiro atoms. The summed E-state index contributed by atoms with van der Waals surface area (Å²) in [5.74, 6) is 0.377. The molecule has 0 saturated carbocycles. The summed E-state index contributed by atoms with van der Waals surface area (Å²) in [5, 5.41) is 27.3. The van der Waals surface area contributed by atoms with Gasteiger partial charge in [0.2, 0.25) is 5.13 Å². The van der Waals surface area contributed by atoms with Gasteiger partial charge in [0.25, 0.3) is 0 Å². The van der Waals surface area contributed by atoms with E-state index in [0.29, 0.717) is 40.1 Å². The molecule has 2 aromatic heterocycles. The van der Waals surface area contributed by atoms with E-state index >= 15 is 0 Å². The zero-order valence-corrected chi connectivity index (χ0v) is 16.2. The molecule has 10 heteroatoms. The number of carbonyl (C=O) groups excluding carboxylic acids is 1. The molecule has 2 aliphatic rings. The fourth-order valence-corrected chi connectivity index (χ4v) is 5.03. The van der Waals surface area contributed by atoms with Gasteiger partial charge in [-0.25, -0.2) is 0 Å². The van der Waals surface area contributed by atoms with E-state index in [2.05, 4.69) is 16.3 Å². The minimum Gasteiger partial charge on any atom is -0.468 e. The van der Waals surface area contributed by atoms with Crippen molar-refractivity contribution in [1.82, 2.24) is 10.2 Å². The minimum absolute atomic E-state index is 0.0171. The molecular formula is C18H14N6O2S2. The molecule has 1 atom stereocenters. The highest BCUT2D eigenvalue weighted by molar-refractivity contribution is 8.01. The Hall–Kier alpha value is -3.08. The van der Waals surface area contributed by atoms with Crippen LogP contribution in [0.3, 0.4) is 0 Å². The summed E-state index contributed by atoms with van der Waals surface area (Å²) < 4.78 is 6.16. The summed E-state index contributed by atoms with van der Waals surface area (Å²) in [6, 6.07) is 7.69. The summed E-state index contributed by atoms with van der Waals surface area (Å²) in [7, 11) is 0. The average molecular weight is 410 g/mol. The molecule has 0 radical (unpaired) electrons. The number of rotatable bonds is 4. The van der Waals surface area contributed by atoms with Gasteiger partial charge in [-0.15, -0.1) is 10.2 Å². The Kier molecular flexibility index (Phi) is 4.90. The Morgan fingerprint density at radius 3 is 2.96 bits per heavy atom. The number of nitrogens with zero attached hydrogens (tertiary/aromatic N) is 5. The molecular weight excluding hydrogens is 396 g/mol. The number of thioether (sulfide) groups is 1. The first kappa shape index (κ1) is 18.3. The number of anilines is 1. The number of ketones is 1. The van der Waals surface area contributed by atoms with Crippen molar-refractivity contribution < 1.29 is 9.21 Å². The van der Waals surface area contributed by atoms with Crippen molar-refractivity contribution >= 4 is 34.0 Å². The lowest BCUT2D eigenvalue weighted by Crippen LogP contribution is -2.38. The molecule has 4 rings (SSSR count). The topological polar surface area (TPSA) is 133 Å². The predicted molar refractivity (Wildman–Crippen MR) is 103 cm³/mol. The molecule has 3 heterocycles. The molecule has 2 aromatic rings. The van der Waals surface area contributed by atoms with Crippen molar-refractivity contribution in [3.05, 3.63) is 46.8 Å². The standard InChI is InChI=1S/C18H14N6O2S2/c19-6-8-27-18-23-22-17(28-18)24-11-3-1-4-12(25)15(11)14(10(9-20)16(24)21)13-5-2-7-26-13/h2,5,7,14H,1,3-4,8,21H2. The van der Waals surface area contributed by atoms with E-state index < -0.39 is 5.92 Å². The van der Waals surface area contributed by atoms with Gasteiger partial charge in [-0.05, 0) is 25.0 Å². The number of nitriles is 2. The summed E-state index contributed by atoms with van der Waals surface area (Å²) in [4.78, 5) is 14.5. The van der Waals surface area contributed by atoms with Crippen LogP contribution in [0, 0.1) is 22.7 Å². The summed E-state index contributed by atoms with van der Waals surface area (Å²) in [6.45, 7) is 0. The molecule has 140 valence electrons. The zero-order chi connectivity index (χ0) is 19.7. The van der Waals surface area contributed by atoms with E-state index in [9.17, 15) is 10.1 Å². The van der Waals surface area contributed by atoms with Gasteiger partial charge in [-0.3, -0.25) is 9.69 Å². The number of allylic oxidation sites excluding steroid dienone is 3. The fraction of sp³-hybridized carbons (Fsp3) is 0.278. The van der Waals surface area contributed by atoms with Gasteiger partial charge in [-0.2, -0.15) is 10.5 Å². The van der Waals surface area contributed by atoms with E-state index in [4.69, 9.17) is 15.4 Å². The van der Waals surface area contributed by atoms with Crippen LogP contribution in [0.2, 0.25) is 0 Å². The number of aromatic nitrogens is 2. The zero-order valence-electron chi connectivity index (χ0n) is 14.6. The smallest absolute Gasteiger partial charge is 0.219 e. The van der Waals surface area contributed by atoms with E-state index in [1.54, 1.807) is 17.0 Å². The Bertz CT molecular complexity index is 1070. The van der Waals surface area contributed by atoms with Crippen molar-refractivity contribution in [2.45, 2.75) is 29.5 Å². The second-order valence-electron chi connectivity index (χ2n) is 6.13. The predicted octanol–water partition coefficient (Wildman–Crippen LogP) is 3.05. The fourth-order valence-electron chi connectivity index (χ4n) is 3.49. The van der Waals surface area contributed by atoms with Crippen LogP contribution in [0.5, 0.6) is 0 Å². The second kappa shape index (κ2) is 7.50. The van der Waals surface area contributed by atoms with Crippen LogP contribution < -0.4 is 10.6 Å². The maximum atomic E-state index is 12.9. The van der Waals surface area contributed by atoms with Crippen LogP contribution in [0.25, 0.3) is 0 Å². The Morgan fingerprint density at radius 1 is 1.39 bits per heavy atom. The van der Waals surface area contributed by atoms with E-state index in [-0.39, 0.29) is 22.9 Å². The van der Waals surface area contributed by atoms with Crippen molar-refractivity contribution in [3.63, 3.8) is 0 Å². The van der Waals surface area contributed by atoms with Crippen LogP contribution >= 0.6 is 23.1 Å². The Balaban J connectivity index is 1.86. The first-order valence-electron chi connectivity index (χ1n) is 8.48. The number of Topliss-reactive ketones (excluding diaryl/α,β-unsaturated/α-hetero) is 1. The first-order valence-corrected chi connectivity index (χ1v) is 10.3. The third-order valence-corrected chi connectivity index (χ3v) is 6.50. The highest BCUT2D eigenvalue weighted by Gasteiger charge is 2.42. The van der Waals surface area contributed by atoms with Crippen LogP contribution in [0.1, 0.15) is 30.9 Å². The van der Waals surface area contributed by atoms with Crippen LogP contribution in [-0.4, -0.2) is 21.7 Å². The lowest BCUT2D eigenvalue weighted by Gasteiger charge is -2.37. The van der Waals surface area contributed by atoms with Crippen LogP contribution in [0.15, 0.2) is 49.8 Å². The monoisotopic (exact) mass is 410 g/mol. The molecule has 0 aromatic carbocycles. The average Bonchev–Trinajstić information content (AvgIpc) is 3.38. The molecule has 0 saturated heterocycles. The lowest BCUT2D eigenvalue weighted by atomic mass is 9.78. The van der Waals surface area contributed by atoms with Gasteiger partial charge in [0.05, 0.1) is 35.6 Å². The third-order valence-electron chi connectivity index (χ3n) is 4.59. The summed E-state index contributed by atoms with van der Waals surface area (Å²) in [6.07, 6.45) is 3.27. The maximum Gasteiger partial charge on any atom is 0.219 e. The van der Waals surface area contributed by atoms with Crippen LogP contribution in [-0.2, 0) is 4.79 Å². The van der Waals surface area contributed by atoms with Crippen molar-refractivity contribution in [3.8, 4) is 12.1 Å². The third kappa shape index (κ3) is 2.97. The molecule has 28 heavy (non-hydrogen) atoms. The van der Waals surface area contributed by atoms with Gasteiger partial charge in [0.15, 0.2) is 10.1 Å². The first-order chi connectivity index (χ1) is 13.7. The number of carbonyl (C=O) groups is 1. The summed E-state index contributed by atoms with van der Waals surface area (Å²) in [5.41, 5.74) is 7.93. The van der Waals surface area contributed by atoms with Gasteiger partial charge in [0, 0.05) is 17.7 Å². The number of hydrogen-bond donors (Lipinski definition) is 1. The molecule has 0 amide bonds. The van der Waals surface area contributed by atoms with Crippen molar-refractivity contribution in [2.75, 3.05) is 10.7 Å². The Labute approximate surface area is 168 Å². The number of hydrogen-bond acceptors (Lipinski definition) is 10. The Morgan fingerprint density at radius 2 is 2.25 bits per heavy atom. The van der Waals surface area contributed by atoms with Gasteiger partial charge < -0.3 is 10.2 Å². The largest absolute Gasteiger partial charge is 0.468 e. The van der Waals surface area contributed by atoms with E-state index in [0.717, 1.165) is 5.70 Å². The van der Waals surface area contributed by atoms with E-state index in [1.165, 1.54) is 29.4 Å². The van der Waals surface area contributed by atoms with Crippen molar-refractivity contribution in [1.29, 1.82) is 10.5 Å². The highest BCUT2D eigenvalue weighted by atomic mass is 32.2. The number of furan rings is 1. The van der Waals surface area contributed by atoms with Gasteiger partial charge in [0.1, 0.15) is 11.6 Å². The summed E-state index contributed by atoms with van der Waals surface area (Å²) >= 11 is 2.55. The maximum absolute atomic E-state index is 12.9. The quantitative estimate of drug-likeness (QED) is 0.755. The molecule has 8 nitrogen and oxygen atoms in total. The number of nitrogens with two attached hydrogens (primary N) is 1. The SMILES string of the molecule is N#CCSc1nnc(N2C(N)=C(C#N)C(c3ccco3)C3=C2CCCC3=O)s1. The molecule has 1 aliphatic carbocycles.